The van der Waals surface area contributed by atoms with Crippen LogP contribution in [0.2, 0.25) is 0 Å². The first-order chi connectivity index (χ1) is 7.20. The van der Waals surface area contributed by atoms with Crippen LogP contribution < -0.4 is 10.1 Å². The second-order valence-electron chi connectivity index (χ2n) is 3.80. The summed E-state index contributed by atoms with van der Waals surface area (Å²) in [7, 11) is 0. The molecule has 0 aliphatic carbocycles. The first-order valence-corrected chi connectivity index (χ1v) is 5.28. The summed E-state index contributed by atoms with van der Waals surface area (Å²) in [5.74, 6) is 0.938. The van der Waals surface area contributed by atoms with Gasteiger partial charge in [-0.25, -0.2) is 0 Å². The van der Waals surface area contributed by atoms with Gasteiger partial charge >= 0.3 is 0 Å². The number of fused-ring (bicyclic) bond motifs is 1. The molecule has 0 saturated carbocycles. The number of Topliss-reactive ketones (excluding diaryl/α,β-unsaturated/α-hetero) is 1. The van der Waals surface area contributed by atoms with Crippen LogP contribution >= 0.6 is 0 Å². The number of benzene rings is 1. The van der Waals surface area contributed by atoms with E-state index < -0.39 is 0 Å². The SMILES string of the molecule is CCC(=O)c1ccc2c(c1)OC(C)CN2. The zero-order chi connectivity index (χ0) is 10.8. The zero-order valence-corrected chi connectivity index (χ0v) is 9.04. The Hall–Kier alpha value is -1.51. The smallest absolute Gasteiger partial charge is 0.162 e. The maximum absolute atomic E-state index is 11.5. The first-order valence-electron chi connectivity index (χ1n) is 5.28. The van der Waals surface area contributed by atoms with Crippen LogP contribution in [-0.2, 0) is 0 Å². The van der Waals surface area contributed by atoms with Crippen molar-refractivity contribution in [2.24, 2.45) is 0 Å². The van der Waals surface area contributed by atoms with Crippen molar-refractivity contribution in [3.8, 4) is 5.75 Å². The lowest BCUT2D eigenvalue weighted by atomic mass is 10.1. The Labute approximate surface area is 89.4 Å². The third kappa shape index (κ3) is 1.96. The Bertz CT molecular complexity index is 387. The fourth-order valence-corrected chi connectivity index (χ4v) is 1.66. The molecule has 1 N–H and O–H groups in total. The predicted molar refractivity (Wildman–Crippen MR) is 59.6 cm³/mol. The first kappa shape index (κ1) is 10.0. The van der Waals surface area contributed by atoms with E-state index in [1.54, 1.807) is 0 Å². The van der Waals surface area contributed by atoms with Crippen molar-refractivity contribution in [1.29, 1.82) is 0 Å². The molecule has 1 aromatic rings. The van der Waals surface area contributed by atoms with Crippen LogP contribution in [0.5, 0.6) is 5.75 Å². The van der Waals surface area contributed by atoms with Gasteiger partial charge in [0.15, 0.2) is 5.78 Å². The fourth-order valence-electron chi connectivity index (χ4n) is 1.66. The number of anilines is 1. The van der Waals surface area contributed by atoms with Crippen LogP contribution in [-0.4, -0.2) is 18.4 Å². The summed E-state index contributed by atoms with van der Waals surface area (Å²) in [4.78, 5) is 11.5. The molecule has 0 aromatic heterocycles. The number of ether oxygens (including phenoxy) is 1. The maximum atomic E-state index is 11.5. The number of nitrogens with one attached hydrogen (secondary N) is 1. The molecule has 0 amide bonds. The summed E-state index contributed by atoms with van der Waals surface area (Å²) in [6, 6.07) is 5.57. The molecule has 0 spiro atoms. The molecule has 0 bridgehead atoms. The topological polar surface area (TPSA) is 38.3 Å². The van der Waals surface area contributed by atoms with E-state index in [0.29, 0.717) is 6.42 Å². The van der Waals surface area contributed by atoms with Gasteiger partial charge in [0, 0.05) is 12.0 Å². The normalized spacial score (nSPS) is 18.7. The van der Waals surface area contributed by atoms with Gasteiger partial charge in [0.25, 0.3) is 0 Å². The summed E-state index contributed by atoms with van der Waals surface area (Å²) in [5.41, 5.74) is 1.70. The summed E-state index contributed by atoms with van der Waals surface area (Å²) in [6.07, 6.45) is 0.686. The van der Waals surface area contributed by atoms with Crippen molar-refractivity contribution in [3.63, 3.8) is 0 Å². The molecule has 2 rings (SSSR count). The molecule has 80 valence electrons. The van der Waals surface area contributed by atoms with Crippen molar-refractivity contribution in [1.82, 2.24) is 0 Å². The molecule has 1 aliphatic rings. The van der Waals surface area contributed by atoms with E-state index in [-0.39, 0.29) is 11.9 Å². The van der Waals surface area contributed by atoms with E-state index in [4.69, 9.17) is 4.74 Å². The van der Waals surface area contributed by atoms with Crippen molar-refractivity contribution in [2.75, 3.05) is 11.9 Å². The minimum Gasteiger partial charge on any atom is -0.487 e. The fraction of sp³-hybridized carbons (Fsp3) is 0.417. The van der Waals surface area contributed by atoms with Crippen LogP contribution in [0.4, 0.5) is 5.69 Å². The van der Waals surface area contributed by atoms with Gasteiger partial charge in [0.2, 0.25) is 0 Å². The Kier molecular flexibility index (Phi) is 2.62. The number of carbonyl (C=O) groups is 1. The number of hydrogen-bond acceptors (Lipinski definition) is 3. The summed E-state index contributed by atoms with van der Waals surface area (Å²) >= 11 is 0. The van der Waals surface area contributed by atoms with Crippen LogP contribution in [0.25, 0.3) is 0 Å². The molecule has 3 heteroatoms. The highest BCUT2D eigenvalue weighted by Crippen LogP contribution is 2.30. The largest absolute Gasteiger partial charge is 0.487 e. The third-order valence-corrected chi connectivity index (χ3v) is 2.53. The highest BCUT2D eigenvalue weighted by molar-refractivity contribution is 5.96. The van der Waals surface area contributed by atoms with Crippen LogP contribution in [0.15, 0.2) is 18.2 Å². The maximum Gasteiger partial charge on any atom is 0.162 e. The number of carbonyl (C=O) groups excluding carboxylic acids is 1. The molecule has 1 aromatic carbocycles. The molecule has 15 heavy (non-hydrogen) atoms. The molecular formula is C12H15NO2. The lowest BCUT2D eigenvalue weighted by Gasteiger charge is -2.25. The molecule has 0 saturated heterocycles. The Morgan fingerprint density at radius 1 is 1.60 bits per heavy atom. The van der Waals surface area contributed by atoms with Gasteiger partial charge in [-0.05, 0) is 25.1 Å². The molecule has 1 heterocycles. The Morgan fingerprint density at radius 3 is 3.13 bits per heavy atom. The van der Waals surface area contributed by atoms with Gasteiger partial charge in [0.1, 0.15) is 11.9 Å². The lowest BCUT2D eigenvalue weighted by molar-refractivity contribution is 0.0987. The molecule has 0 radical (unpaired) electrons. The van der Waals surface area contributed by atoms with Crippen LogP contribution in [0.1, 0.15) is 30.6 Å². The molecule has 0 fully saturated rings. The van der Waals surface area contributed by atoms with Gasteiger partial charge < -0.3 is 10.1 Å². The minimum absolute atomic E-state index is 0.152. The zero-order valence-electron chi connectivity index (χ0n) is 9.04. The van der Waals surface area contributed by atoms with Gasteiger partial charge in [-0.15, -0.1) is 0 Å². The van der Waals surface area contributed by atoms with Gasteiger partial charge in [-0.1, -0.05) is 6.92 Å². The van der Waals surface area contributed by atoms with Crippen LogP contribution in [0, 0.1) is 0 Å². The molecule has 3 nitrogen and oxygen atoms in total. The van der Waals surface area contributed by atoms with E-state index in [2.05, 4.69) is 5.32 Å². The minimum atomic E-state index is 0.152. The van der Waals surface area contributed by atoms with E-state index in [9.17, 15) is 4.79 Å². The Morgan fingerprint density at radius 2 is 2.40 bits per heavy atom. The van der Waals surface area contributed by atoms with Crippen molar-refractivity contribution >= 4 is 11.5 Å². The quantitative estimate of drug-likeness (QED) is 0.754. The van der Waals surface area contributed by atoms with Crippen molar-refractivity contribution in [3.05, 3.63) is 23.8 Å². The molecular weight excluding hydrogens is 190 g/mol. The van der Waals surface area contributed by atoms with Crippen molar-refractivity contribution < 1.29 is 9.53 Å². The lowest BCUT2D eigenvalue weighted by Crippen LogP contribution is -2.27. The summed E-state index contributed by atoms with van der Waals surface area (Å²) in [5, 5.41) is 3.26. The van der Waals surface area contributed by atoms with Gasteiger partial charge in [0.05, 0.1) is 12.2 Å². The average Bonchev–Trinajstić information content (AvgIpc) is 2.27. The van der Waals surface area contributed by atoms with Gasteiger partial charge in [-0.3, -0.25) is 4.79 Å². The molecule has 1 aliphatic heterocycles. The summed E-state index contributed by atoms with van der Waals surface area (Å²) < 4.78 is 5.65. The number of rotatable bonds is 2. The number of ketones is 1. The van der Waals surface area contributed by atoms with Gasteiger partial charge in [-0.2, -0.15) is 0 Å². The monoisotopic (exact) mass is 205 g/mol. The molecule has 1 unspecified atom stereocenters. The predicted octanol–water partition coefficient (Wildman–Crippen LogP) is 2.47. The standard InChI is InChI=1S/C12H15NO2/c1-3-11(14)9-4-5-10-12(6-9)15-8(2)7-13-10/h4-6,8,13H,3,7H2,1-2H3. The highest BCUT2D eigenvalue weighted by Gasteiger charge is 2.16. The molecule has 1 atom stereocenters. The average molecular weight is 205 g/mol. The van der Waals surface area contributed by atoms with E-state index in [1.165, 1.54) is 0 Å². The third-order valence-electron chi connectivity index (χ3n) is 2.53. The highest BCUT2D eigenvalue weighted by atomic mass is 16.5. The van der Waals surface area contributed by atoms with Crippen molar-refractivity contribution in [2.45, 2.75) is 26.4 Å². The second-order valence-corrected chi connectivity index (χ2v) is 3.80. The second kappa shape index (κ2) is 3.93. The van der Waals surface area contributed by atoms with E-state index in [0.717, 1.165) is 23.5 Å². The Balaban J connectivity index is 2.32. The summed E-state index contributed by atoms with van der Waals surface area (Å²) in [6.45, 7) is 4.68. The van der Waals surface area contributed by atoms with Crippen LogP contribution in [0.3, 0.4) is 0 Å². The number of hydrogen-bond donors (Lipinski definition) is 1. The van der Waals surface area contributed by atoms with E-state index >= 15 is 0 Å². The van der Waals surface area contributed by atoms with E-state index in [1.807, 2.05) is 32.0 Å².